The number of nitrogens with one attached hydrogen (secondary N) is 1. The Morgan fingerprint density at radius 3 is 2.61 bits per heavy atom. The van der Waals surface area contributed by atoms with Crippen molar-refractivity contribution >= 4 is 23.4 Å². The molecule has 6 nitrogen and oxygen atoms in total. The summed E-state index contributed by atoms with van der Waals surface area (Å²) in [6, 6.07) is 5.86. The van der Waals surface area contributed by atoms with Crippen LogP contribution < -0.4 is 5.32 Å². The zero-order valence-corrected chi connectivity index (χ0v) is 15.9. The summed E-state index contributed by atoms with van der Waals surface area (Å²) in [7, 11) is 0. The zero-order valence-electron chi connectivity index (χ0n) is 15.9. The van der Waals surface area contributed by atoms with E-state index in [9.17, 15) is 14.4 Å². The lowest BCUT2D eigenvalue weighted by molar-refractivity contribution is -0.137. The van der Waals surface area contributed by atoms with Gasteiger partial charge in [0, 0.05) is 36.7 Å². The van der Waals surface area contributed by atoms with Crippen LogP contribution in [-0.4, -0.2) is 52.7 Å². The number of benzene rings is 1. The average Bonchev–Trinajstić information content (AvgIpc) is 3.34. The van der Waals surface area contributed by atoms with Crippen molar-refractivity contribution in [2.24, 2.45) is 5.92 Å². The summed E-state index contributed by atoms with van der Waals surface area (Å²) in [6.07, 6.45) is 9.13. The number of nitrogens with zero attached hydrogens (tertiary/aromatic N) is 2. The first kappa shape index (κ1) is 17.5. The van der Waals surface area contributed by atoms with E-state index in [1.165, 1.54) is 0 Å². The molecule has 2 fully saturated rings. The first-order chi connectivity index (χ1) is 13.6. The highest BCUT2D eigenvalue weighted by Crippen LogP contribution is 2.35. The fourth-order valence-electron chi connectivity index (χ4n) is 5.11. The molecule has 2 saturated heterocycles. The maximum Gasteiger partial charge on any atom is 0.254 e. The van der Waals surface area contributed by atoms with Gasteiger partial charge in [-0.1, -0.05) is 18.2 Å². The number of carbonyl (C=O) groups excluding carboxylic acids is 3. The van der Waals surface area contributed by atoms with Gasteiger partial charge in [-0.25, -0.2) is 0 Å². The van der Waals surface area contributed by atoms with Gasteiger partial charge in [0.25, 0.3) is 5.91 Å². The van der Waals surface area contributed by atoms with Crippen LogP contribution in [0, 0.1) is 5.92 Å². The van der Waals surface area contributed by atoms with Crippen molar-refractivity contribution in [1.82, 2.24) is 9.80 Å². The second-order valence-electron chi connectivity index (χ2n) is 8.39. The molecule has 0 saturated carbocycles. The number of likely N-dealkylation sites (tertiary alicyclic amines) is 2. The van der Waals surface area contributed by atoms with Gasteiger partial charge in [0.1, 0.15) is 0 Å². The number of rotatable bonds is 2. The highest BCUT2D eigenvalue weighted by molar-refractivity contribution is 5.99. The van der Waals surface area contributed by atoms with Crippen LogP contribution in [0.4, 0.5) is 5.69 Å². The fourth-order valence-corrected chi connectivity index (χ4v) is 5.11. The standard InChI is InChI=1S/C22H25N3O3/c26-20-9-8-14-6-7-16(10-19(14)23-20)22(28)25-13-17-11-18(25)12-24(17)21(27)15-4-2-1-3-5-15/h1-2,6-7,10,15,17-18H,3-5,8-9,11-13H2,(H,23,26)/t15-,17+,18+/m1/s1. The largest absolute Gasteiger partial charge is 0.336 e. The lowest BCUT2D eigenvalue weighted by Crippen LogP contribution is -2.52. The van der Waals surface area contributed by atoms with Crippen LogP contribution >= 0.6 is 0 Å². The summed E-state index contributed by atoms with van der Waals surface area (Å²) in [5.74, 6) is 0.380. The van der Waals surface area contributed by atoms with E-state index in [-0.39, 0.29) is 35.7 Å². The van der Waals surface area contributed by atoms with Crippen LogP contribution in [0.5, 0.6) is 0 Å². The third kappa shape index (κ3) is 2.91. The molecule has 146 valence electrons. The molecule has 0 aromatic heterocycles. The molecule has 2 bridgehead atoms. The third-order valence-electron chi connectivity index (χ3n) is 6.66. The maximum absolute atomic E-state index is 13.1. The highest BCUT2D eigenvalue weighted by Gasteiger charge is 2.48. The molecule has 1 aromatic rings. The first-order valence-corrected chi connectivity index (χ1v) is 10.3. The van der Waals surface area contributed by atoms with Crippen LogP contribution in [0.3, 0.4) is 0 Å². The van der Waals surface area contributed by atoms with E-state index in [4.69, 9.17) is 0 Å². The Morgan fingerprint density at radius 2 is 1.86 bits per heavy atom. The van der Waals surface area contributed by atoms with E-state index in [0.29, 0.717) is 25.1 Å². The highest BCUT2D eigenvalue weighted by atomic mass is 16.2. The molecule has 3 atom stereocenters. The fraction of sp³-hybridized carbons (Fsp3) is 0.500. The Kier molecular flexibility index (Phi) is 4.22. The molecule has 28 heavy (non-hydrogen) atoms. The maximum atomic E-state index is 13.1. The topological polar surface area (TPSA) is 69.7 Å². The quantitative estimate of drug-likeness (QED) is 0.802. The van der Waals surface area contributed by atoms with Crippen molar-refractivity contribution < 1.29 is 14.4 Å². The molecule has 0 unspecified atom stereocenters. The SMILES string of the molecule is O=C1CCc2ccc(C(=O)N3C[C@@H]4C[C@H]3CN4C(=O)[C@@H]3CC=CCC3)cc2N1. The summed E-state index contributed by atoms with van der Waals surface area (Å²) in [4.78, 5) is 41.5. The number of hydrogen-bond donors (Lipinski definition) is 1. The van der Waals surface area contributed by atoms with Crippen LogP contribution in [-0.2, 0) is 16.0 Å². The van der Waals surface area contributed by atoms with Gasteiger partial charge >= 0.3 is 0 Å². The van der Waals surface area contributed by atoms with Gasteiger partial charge in [0.15, 0.2) is 0 Å². The molecule has 0 radical (unpaired) electrons. The van der Waals surface area contributed by atoms with Crippen LogP contribution in [0.1, 0.15) is 48.0 Å². The minimum Gasteiger partial charge on any atom is -0.336 e. The summed E-state index contributed by atoms with van der Waals surface area (Å²) < 4.78 is 0. The second-order valence-corrected chi connectivity index (χ2v) is 8.39. The van der Waals surface area contributed by atoms with Crippen molar-refractivity contribution in [3.8, 4) is 0 Å². The first-order valence-electron chi connectivity index (χ1n) is 10.3. The molecule has 4 aliphatic rings. The number of allylic oxidation sites excluding steroid dienone is 2. The van der Waals surface area contributed by atoms with E-state index < -0.39 is 0 Å². The number of hydrogen-bond acceptors (Lipinski definition) is 3. The summed E-state index contributed by atoms with van der Waals surface area (Å²) in [5, 5.41) is 2.87. The number of carbonyl (C=O) groups is 3. The van der Waals surface area contributed by atoms with Gasteiger partial charge in [-0.15, -0.1) is 0 Å². The number of amides is 3. The van der Waals surface area contributed by atoms with Gasteiger partial charge in [-0.05, 0) is 49.8 Å². The molecule has 6 heteroatoms. The van der Waals surface area contributed by atoms with Gasteiger partial charge in [-0.3, -0.25) is 14.4 Å². The van der Waals surface area contributed by atoms with Crippen LogP contribution in [0.2, 0.25) is 0 Å². The van der Waals surface area contributed by atoms with Gasteiger partial charge in [0.05, 0.1) is 12.1 Å². The molecule has 5 rings (SSSR count). The van der Waals surface area contributed by atoms with Crippen molar-refractivity contribution in [3.63, 3.8) is 0 Å². The van der Waals surface area contributed by atoms with E-state index >= 15 is 0 Å². The number of piperazine rings is 1. The van der Waals surface area contributed by atoms with Crippen LogP contribution in [0.25, 0.3) is 0 Å². The zero-order chi connectivity index (χ0) is 19.3. The van der Waals surface area contributed by atoms with Crippen molar-refractivity contribution in [2.45, 2.75) is 50.6 Å². The Hall–Kier alpha value is -2.63. The van der Waals surface area contributed by atoms with Gasteiger partial charge in [-0.2, -0.15) is 0 Å². The normalized spacial score (nSPS) is 28.3. The van der Waals surface area contributed by atoms with Crippen molar-refractivity contribution in [1.29, 1.82) is 0 Å². The minimum atomic E-state index is 0.00261. The summed E-state index contributed by atoms with van der Waals surface area (Å²) in [5.41, 5.74) is 2.45. The Labute approximate surface area is 164 Å². The Morgan fingerprint density at radius 1 is 1.04 bits per heavy atom. The molecule has 3 heterocycles. The molecular weight excluding hydrogens is 354 g/mol. The third-order valence-corrected chi connectivity index (χ3v) is 6.66. The Bertz CT molecular complexity index is 878. The number of anilines is 1. The number of fused-ring (bicyclic) bond motifs is 3. The molecule has 0 spiro atoms. The smallest absolute Gasteiger partial charge is 0.254 e. The van der Waals surface area contributed by atoms with E-state index in [2.05, 4.69) is 17.5 Å². The molecular formula is C22H25N3O3. The van der Waals surface area contributed by atoms with Crippen LogP contribution in [0.15, 0.2) is 30.4 Å². The molecule has 3 aliphatic heterocycles. The monoisotopic (exact) mass is 379 g/mol. The second kappa shape index (κ2) is 6.76. The average molecular weight is 379 g/mol. The van der Waals surface area contributed by atoms with Crippen molar-refractivity contribution in [3.05, 3.63) is 41.5 Å². The van der Waals surface area contributed by atoms with Gasteiger partial charge in [0.2, 0.25) is 11.8 Å². The van der Waals surface area contributed by atoms with E-state index in [0.717, 1.165) is 43.4 Å². The number of aryl methyl sites for hydroxylation is 1. The molecule has 1 aromatic carbocycles. The molecule has 3 amide bonds. The van der Waals surface area contributed by atoms with E-state index in [1.807, 2.05) is 21.9 Å². The van der Waals surface area contributed by atoms with Gasteiger partial charge < -0.3 is 15.1 Å². The minimum absolute atomic E-state index is 0.00261. The summed E-state index contributed by atoms with van der Waals surface area (Å²) in [6.45, 7) is 1.26. The Balaban J connectivity index is 1.28. The lowest BCUT2D eigenvalue weighted by Gasteiger charge is -2.36. The lowest BCUT2D eigenvalue weighted by atomic mass is 9.93. The predicted octanol–water partition coefficient (Wildman–Crippen LogP) is 2.35. The predicted molar refractivity (Wildman–Crippen MR) is 105 cm³/mol. The van der Waals surface area contributed by atoms with E-state index in [1.54, 1.807) is 6.07 Å². The summed E-state index contributed by atoms with van der Waals surface area (Å²) >= 11 is 0. The van der Waals surface area contributed by atoms with Crippen molar-refractivity contribution in [2.75, 3.05) is 18.4 Å². The molecule has 1 aliphatic carbocycles. The molecule has 1 N–H and O–H groups in total.